The maximum Gasteiger partial charge on any atom is 0.411 e. The Labute approximate surface area is 226 Å². The molecular weight excluding hydrogens is 484 g/mol. The van der Waals surface area contributed by atoms with Gasteiger partial charge in [-0.2, -0.15) is 5.26 Å². The molecule has 1 fully saturated rings. The second kappa shape index (κ2) is 14.6. The first kappa shape index (κ1) is 31.0. The highest BCUT2D eigenvalue weighted by Crippen LogP contribution is 2.44. The normalized spacial score (nSPS) is 18.5. The van der Waals surface area contributed by atoms with Gasteiger partial charge in [0, 0.05) is 25.1 Å². The highest BCUT2D eigenvalue weighted by Gasteiger charge is 2.44. The van der Waals surface area contributed by atoms with Gasteiger partial charge >= 0.3 is 6.09 Å². The Kier molecular flexibility index (Phi) is 11.9. The number of anilines is 1. The fourth-order valence-corrected chi connectivity index (χ4v) is 5.01. The van der Waals surface area contributed by atoms with Gasteiger partial charge in [0.2, 0.25) is 0 Å². The molecule has 0 spiro atoms. The van der Waals surface area contributed by atoms with Gasteiger partial charge in [-0.05, 0) is 80.3 Å². The van der Waals surface area contributed by atoms with Crippen molar-refractivity contribution in [2.45, 2.75) is 85.0 Å². The Morgan fingerprint density at radius 1 is 1.29 bits per heavy atom. The third-order valence-corrected chi connectivity index (χ3v) is 7.12. The molecule has 0 saturated heterocycles. The molecule has 5 nitrogen and oxygen atoms in total. The topological polar surface area (TPSA) is 76.7 Å². The Bertz CT molecular complexity index is 1120. The van der Waals surface area contributed by atoms with Crippen LogP contribution in [0.4, 0.5) is 25.0 Å². The zero-order valence-corrected chi connectivity index (χ0v) is 23.3. The summed E-state index contributed by atoms with van der Waals surface area (Å²) in [6.07, 6.45) is 3.60. The third-order valence-electron chi connectivity index (χ3n) is 7.12. The van der Waals surface area contributed by atoms with Crippen molar-refractivity contribution in [2.75, 3.05) is 11.4 Å². The molecule has 0 heterocycles. The second-order valence-electron chi connectivity index (χ2n) is 10.3. The van der Waals surface area contributed by atoms with Gasteiger partial charge in [-0.1, -0.05) is 51.8 Å². The molecule has 1 saturated carbocycles. The number of unbranched alkanes of at least 4 members (excludes halogenated alkanes) is 1. The molecule has 2 unspecified atom stereocenters. The summed E-state index contributed by atoms with van der Waals surface area (Å²) in [5.41, 5.74) is 4.29. The minimum absolute atomic E-state index is 0.0206. The summed E-state index contributed by atoms with van der Waals surface area (Å²) in [6.45, 7) is 10.2. The van der Waals surface area contributed by atoms with Crippen molar-refractivity contribution in [3.8, 4) is 6.07 Å². The number of nitrogens with zero attached hydrogens (tertiary/aromatic N) is 3. The summed E-state index contributed by atoms with van der Waals surface area (Å²) in [6, 6.07) is 15.0. The summed E-state index contributed by atoms with van der Waals surface area (Å²) < 4.78 is 28.4. The van der Waals surface area contributed by atoms with Crippen LogP contribution in [0.15, 0.2) is 47.5 Å². The van der Waals surface area contributed by atoms with Crippen molar-refractivity contribution in [1.82, 2.24) is 0 Å². The molecule has 1 amide bonds. The van der Waals surface area contributed by atoms with Crippen LogP contribution >= 0.6 is 0 Å². The van der Waals surface area contributed by atoms with Crippen LogP contribution < -0.4 is 4.90 Å². The number of carbonyl (C=O) groups is 1. The number of aliphatic imine (C=N–C) groups is 1. The van der Waals surface area contributed by atoms with E-state index in [1.807, 2.05) is 71.0 Å². The largest absolute Gasteiger partial charge is 0.465 e. The first-order valence-corrected chi connectivity index (χ1v) is 13.5. The van der Waals surface area contributed by atoms with E-state index in [-0.39, 0.29) is 24.8 Å². The number of para-hydroxylation sites is 1. The zero-order chi connectivity index (χ0) is 28.3. The van der Waals surface area contributed by atoms with Gasteiger partial charge in [0.05, 0.1) is 23.0 Å². The number of nitriles is 1. The highest BCUT2D eigenvalue weighted by atomic mass is 19.3. The van der Waals surface area contributed by atoms with Gasteiger partial charge in [-0.3, -0.25) is 9.89 Å². The number of aryl methyl sites for hydroxylation is 1. The number of amides is 1. The van der Waals surface area contributed by atoms with Gasteiger partial charge < -0.3 is 5.11 Å². The fraction of sp³-hybridized carbons (Fsp3) is 0.516. The van der Waals surface area contributed by atoms with E-state index in [2.05, 4.69) is 11.1 Å². The minimum Gasteiger partial charge on any atom is -0.465 e. The first-order valence-electron chi connectivity index (χ1n) is 13.5. The number of halogens is 2. The Morgan fingerprint density at radius 2 is 2.00 bits per heavy atom. The van der Waals surface area contributed by atoms with E-state index in [0.717, 1.165) is 29.7 Å². The fourth-order valence-electron chi connectivity index (χ4n) is 5.01. The predicted molar refractivity (Wildman–Crippen MR) is 151 cm³/mol. The van der Waals surface area contributed by atoms with Crippen molar-refractivity contribution in [2.24, 2.45) is 16.8 Å². The van der Waals surface area contributed by atoms with Gasteiger partial charge in [0.25, 0.3) is 5.92 Å². The number of benzene rings is 2. The lowest BCUT2D eigenvalue weighted by atomic mass is 9.76. The molecule has 38 heavy (non-hydrogen) atoms. The SMILES string of the molecule is CC=Nc1ccc(C#N)cc1C.CCCCC1CC(CN(C(=O)O)c2ccccc2C(C)C)CCC1(F)F. The molecular formula is C31H41F2N3O2. The van der Waals surface area contributed by atoms with E-state index in [4.69, 9.17) is 5.26 Å². The molecule has 1 N–H and O–H groups in total. The van der Waals surface area contributed by atoms with Crippen molar-refractivity contribution >= 4 is 23.7 Å². The number of rotatable bonds is 8. The lowest BCUT2D eigenvalue weighted by Crippen LogP contribution is -2.41. The molecule has 0 radical (unpaired) electrons. The van der Waals surface area contributed by atoms with E-state index >= 15 is 0 Å². The van der Waals surface area contributed by atoms with E-state index in [1.54, 1.807) is 12.3 Å². The maximum atomic E-state index is 14.2. The van der Waals surface area contributed by atoms with Crippen LogP contribution in [-0.2, 0) is 0 Å². The van der Waals surface area contributed by atoms with Crippen LogP contribution in [0, 0.1) is 30.1 Å². The molecule has 2 aromatic carbocycles. The molecule has 0 aliphatic heterocycles. The molecule has 1 aliphatic rings. The van der Waals surface area contributed by atoms with E-state index in [0.29, 0.717) is 30.5 Å². The Hall–Kier alpha value is -3.27. The minimum atomic E-state index is -2.62. The molecule has 0 bridgehead atoms. The maximum absolute atomic E-state index is 14.2. The average Bonchev–Trinajstić information content (AvgIpc) is 2.88. The number of hydrogen-bond acceptors (Lipinski definition) is 3. The molecule has 3 rings (SSSR count). The van der Waals surface area contributed by atoms with Crippen LogP contribution in [0.3, 0.4) is 0 Å². The Morgan fingerprint density at radius 3 is 2.58 bits per heavy atom. The molecule has 2 atom stereocenters. The zero-order valence-electron chi connectivity index (χ0n) is 23.3. The summed E-state index contributed by atoms with van der Waals surface area (Å²) in [5, 5.41) is 18.3. The van der Waals surface area contributed by atoms with Gasteiger partial charge in [-0.15, -0.1) is 0 Å². The summed E-state index contributed by atoms with van der Waals surface area (Å²) in [4.78, 5) is 17.4. The third kappa shape index (κ3) is 8.65. The van der Waals surface area contributed by atoms with Gasteiger partial charge in [0.15, 0.2) is 0 Å². The van der Waals surface area contributed by atoms with Crippen molar-refractivity contribution in [1.29, 1.82) is 5.26 Å². The lowest BCUT2D eigenvalue weighted by Gasteiger charge is -2.38. The first-order chi connectivity index (χ1) is 18.0. The van der Waals surface area contributed by atoms with Crippen molar-refractivity contribution in [3.63, 3.8) is 0 Å². The average molecular weight is 526 g/mol. The Balaban J connectivity index is 0.000000352. The molecule has 1 aliphatic carbocycles. The number of hydrogen-bond donors (Lipinski definition) is 1. The monoisotopic (exact) mass is 525 g/mol. The van der Waals surface area contributed by atoms with E-state index < -0.39 is 17.9 Å². The second-order valence-corrected chi connectivity index (χ2v) is 10.3. The lowest BCUT2D eigenvalue weighted by molar-refractivity contribution is -0.0998. The van der Waals surface area contributed by atoms with Gasteiger partial charge in [0.1, 0.15) is 0 Å². The van der Waals surface area contributed by atoms with Crippen LogP contribution in [0.1, 0.15) is 88.8 Å². The molecule has 2 aromatic rings. The van der Waals surface area contributed by atoms with Crippen LogP contribution in [0.5, 0.6) is 0 Å². The van der Waals surface area contributed by atoms with Crippen LogP contribution in [0.2, 0.25) is 0 Å². The van der Waals surface area contributed by atoms with E-state index in [9.17, 15) is 18.7 Å². The predicted octanol–water partition coefficient (Wildman–Crippen LogP) is 9.13. The summed E-state index contributed by atoms with van der Waals surface area (Å²) in [5.74, 6) is -3.07. The van der Waals surface area contributed by atoms with Crippen molar-refractivity contribution < 1.29 is 18.7 Å². The summed E-state index contributed by atoms with van der Waals surface area (Å²) in [7, 11) is 0. The molecule has 206 valence electrons. The molecule has 7 heteroatoms. The van der Waals surface area contributed by atoms with Crippen LogP contribution in [0.25, 0.3) is 0 Å². The summed E-state index contributed by atoms with van der Waals surface area (Å²) >= 11 is 0. The standard InChI is InChI=1S/C21H31F2NO2.C10H10N2/c1-4-5-8-17-13-16(11-12-21(17,22)23)14-24(20(25)26)19-10-7-6-9-18(19)15(2)3;1-3-12-10-5-4-9(7-11)6-8(10)2/h6-7,9-10,15-17H,4-5,8,11-14H2,1-3H3,(H,25,26);3-6H,1-2H3. The number of alkyl halides is 2. The van der Waals surface area contributed by atoms with E-state index in [1.165, 1.54) is 4.90 Å². The number of carboxylic acid groups (broad SMARTS) is 1. The highest BCUT2D eigenvalue weighted by molar-refractivity contribution is 5.87. The van der Waals surface area contributed by atoms with Gasteiger partial charge in [-0.25, -0.2) is 13.6 Å². The smallest absolute Gasteiger partial charge is 0.411 e. The van der Waals surface area contributed by atoms with Crippen molar-refractivity contribution in [3.05, 3.63) is 59.2 Å². The molecule has 0 aromatic heterocycles. The quantitative estimate of drug-likeness (QED) is 0.349. The van der Waals surface area contributed by atoms with Crippen LogP contribution in [-0.4, -0.2) is 29.9 Å².